The predicted molar refractivity (Wildman–Crippen MR) is 95.8 cm³/mol. The molecule has 25 heavy (non-hydrogen) atoms. The van der Waals surface area contributed by atoms with E-state index in [1.165, 1.54) is 11.1 Å². The monoisotopic (exact) mass is 356 g/mol. The van der Waals surface area contributed by atoms with Gasteiger partial charge < -0.3 is 5.32 Å². The van der Waals surface area contributed by atoms with E-state index in [0.29, 0.717) is 17.1 Å². The van der Waals surface area contributed by atoms with Gasteiger partial charge in [0.25, 0.3) is 0 Å². The van der Waals surface area contributed by atoms with Crippen molar-refractivity contribution in [2.45, 2.75) is 18.8 Å². The molecule has 0 saturated carbocycles. The molecule has 4 aromatic rings. The van der Waals surface area contributed by atoms with Crippen LogP contribution in [0.5, 0.6) is 0 Å². The molecule has 5 rings (SSSR count). The number of hydrogen-bond donors (Lipinski definition) is 1. The molecule has 1 aliphatic rings. The molecule has 0 amide bonds. The van der Waals surface area contributed by atoms with Crippen LogP contribution in [-0.4, -0.2) is 37.6 Å². The summed E-state index contributed by atoms with van der Waals surface area (Å²) in [6.07, 6.45) is 5.94. The summed E-state index contributed by atoms with van der Waals surface area (Å²) in [6, 6.07) is 3.37. The van der Waals surface area contributed by atoms with Crippen LogP contribution in [0, 0.1) is 5.82 Å². The van der Waals surface area contributed by atoms with Gasteiger partial charge in [0, 0.05) is 30.6 Å². The second-order valence-corrected chi connectivity index (χ2v) is 7.52. The standard InChI is InChI=1S/C17H17FN6S/c1-23-8-11-6-12(7-13(18)15(11)21-23)24-9-14-17(22-24)25-16(20-14)10-2-4-19-5-3-10/h6-10,19H,2-5H2,1H3. The highest BCUT2D eigenvalue weighted by atomic mass is 32.1. The van der Waals surface area contributed by atoms with Crippen LogP contribution in [0.1, 0.15) is 23.8 Å². The number of nitrogens with one attached hydrogen (secondary N) is 1. The number of rotatable bonds is 2. The first-order valence-electron chi connectivity index (χ1n) is 8.37. The van der Waals surface area contributed by atoms with E-state index in [2.05, 4.69) is 15.5 Å². The van der Waals surface area contributed by atoms with Crippen LogP contribution in [0.3, 0.4) is 0 Å². The first kappa shape index (κ1) is 15.0. The van der Waals surface area contributed by atoms with Crippen LogP contribution in [0.4, 0.5) is 4.39 Å². The van der Waals surface area contributed by atoms with Gasteiger partial charge in [0.2, 0.25) is 0 Å². The third-order valence-corrected chi connectivity index (χ3v) is 5.83. The largest absolute Gasteiger partial charge is 0.317 e. The molecule has 0 unspecified atom stereocenters. The average molecular weight is 356 g/mol. The maximum Gasteiger partial charge on any atom is 0.166 e. The van der Waals surface area contributed by atoms with E-state index in [4.69, 9.17) is 4.98 Å². The normalized spacial score (nSPS) is 16.2. The topological polar surface area (TPSA) is 60.6 Å². The lowest BCUT2D eigenvalue weighted by Crippen LogP contribution is -2.26. The highest BCUT2D eigenvalue weighted by molar-refractivity contribution is 7.18. The Balaban J connectivity index is 1.53. The summed E-state index contributed by atoms with van der Waals surface area (Å²) >= 11 is 1.65. The first-order chi connectivity index (χ1) is 12.2. The molecule has 4 heterocycles. The van der Waals surface area contributed by atoms with Gasteiger partial charge in [-0.3, -0.25) is 4.68 Å². The maximum absolute atomic E-state index is 14.3. The SMILES string of the molecule is Cn1cc2cc(-n3cc4nc(C5CCNCC5)sc4n3)cc(F)c2n1. The molecule has 1 N–H and O–H groups in total. The Morgan fingerprint density at radius 3 is 2.84 bits per heavy atom. The number of fused-ring (bicyclic) bond motifs is 2. The third-order valence-electron chi connectivity index (χ3n) is 4.71. The summed E-state index contributed by atoms with van der Waals surface area (Å²) in [5.41, 5.74) is 1.95. The fourth-order valence-corrected chi connectivity index (χ4v) is 4.52. The zero-order valence-electron chi connectivity index (χ0n) is 13.7. The molecule has 3 aromatic heterocycles. The minimum Gasteiger partial charge on any atom is -0.317 e. The molecule has 0 bridgehead atoms. The fourth-order valence-electron chi connectivity index (χ4n) is 3.44. The van der Waals surface area contributed by atoms with Gasteiger partial charge in [0.15, 0.2) is 10.6 Å². The number of aryl methyl sites for hydroxylation is 1. The van der Waals surface area contributed by atoms with Crippen molar-refractivity contribution in [3.63, 3.8) is 0 Å². The number of thiazole rings is 1. The van der Waals surface area contributed by atoms with Crippen LogP contribution in [0.15, 0.2) is 24.5 Å². The van der Waals surface area contributed by atoms with Gasteiger partial charge in [-0.15, -0.1) is 0 Å². The average Bonchev–Trinajstić information content (AvgIpc) is 3.27. The lowest BCUT2D eigenvalue weighted by atomic mass is 9.99. The number of nitrogens with zero attached hydrogens (tertiary/aromatic N) is 5. The van der Waals surface area contributed by atoms with Crippen LogP contribution in [0.2, 0.25) is 0 Å². The Bertz CT molecular complexity index is 1040. The summed E-state index contributed by atoms with van der Waals surface area (Å²) in [5.74, 6) is 0.188. The van der Waals surface area contributed by atoms with Crippen LogP contribution < -0.4 is 5.32 Å². The summed E-state index contributed by atoms with van der Waals surface area (Å²) in [5, 5.41) is 14.1. The molecule has 0 atom stereocenters. The van der Waals surface area contributed by atoms with Gasteiger partial charge >= 0.3 is 0 Å². The van der Waals surface area contributed by atoms with Gasteiger partial charge in [-0.25, -0.2) is 14.1 Å². The Kier molecular flexibility index (Phi) is 3.36. The molecule has 1 aromatic carbocycles. The van der Waals surface area contributed by atoms with Crippen molar-refractivity contribution in [3.05, 3.63) is 35.4 Å². The van der Waals surface area contributed by atoms with E-state index in [-0.39, 0.29) is 5.82 Å². The van der Waals surface area contributed by atoms with E-state index in [0.717, 1.165) is 41.7 Å². The highest BCUT2D eigenvalue weighted by Crippen LogP contribution is 2.32. The van der Waals surface area contributed by atoms with E-state index in [9.17, 15) is 4.39 Å². The molecule has 1 saturated heterocycles. The van der Waals surface area contributed by atoms with Gasteiger partial charge in [0.1, 0.15) is 11.0 Å². The Morgan fingerprint density at radius 2 is 2.04 bits per heavy atom. The van der Waals surface area contributed by atoms with E-state index >= 15 is 0 Å². The first-order valence-corrected chi connectivity index (χ1v) is 9.19. The molecule has 0 aliphatic carbocycles. The van der Waals surface area contributed by atoms with E-state index < -0.39 is 0 Å². The molecule has 0 radical (unpaired) electrons. The van der Waals surface area contributed by atoms with Gasteiger partial charge in [-0.2, -0.15) is 10.2 Å². The molecular weight excluding hydrogens is 339 g/mol. The van der Waals surface area contributed by atoms with Crippen molar-refractivity contribution in [2.75, 3.05) is 13.1 Å². The van der Waals surface area contributed by atoms with Crippen LogP contribution >= 0.6 is 11.3 Å². The molecule has 6 nitrogen and oxygen atoms in total. The lowest BCUT2D eigenvalue weighted by molar-refractivity contribution is 0.459. The minimum atomic E-state index is -0.338. The quantitative estimate of drug-likeness (QED) is 0.600. The zero-order chi connectivity index (χ0) is 17.0. The fraction of sp³-hybridized carbons (Fsp3) is 0.353. The molecule has 128 valence electrons. The molecule has 0 spiro atoms. The lowest BCUT2D eigenvalue weighted by Gasteiger charge is -2.20. The number of piperidine rings is 1. The van der Waals surface area contributed by atoms with Gasteiger partial charge in [-0.05, 0) is 32.0 Å². The molecular formula is C17H17FN6S. The number of aromatic nitrogens is 5. The third kappa shape index (κ3) is 2.52. The molecule has 1 aliphatic heterocycles. The van der Waals surface area contributed by atoms with Crippen molar-refractivity contribution in [1.29, 1.82) is 0 Å². The Hall–Kier alpha value is -2.32. The summed E-state index contributed by atoms with van der Waals surface area (Å²) in [6.45, 7) is 2.10. The second-order valence-electron chi connectivity index (χ2n) is 6.51. The van der Waals surface area contributed by atoms with Crippen molar-refractivity contribution >= 4 is 32.6 Å². The van der Waals surface area contributed by atoms with E-state index in [1.807, 2.05) is 12.3 Å². The summed E-state index contributed by atoms with van der Waals surface area (Å²) in [4.78, 5) is 5.67. The van der Waals surface area contributed by atoms with Crippen molar-refractivity contribution in [2.24, 2.45) is 7.05 Å². The number of halogens is 1. The van der Waals surface area contributed by atoms with Crippen LogP contribution in [-0.2, 0) is 7.05 Å². The molecule has 1 fully saturated rings. The number of benzene rings is 1. The predicted octanol–water partition coefficient (Wildman–Crippen LogP) is 2.97. The number of hydrogen-bond acceptors (Lipinski definition) is 5. The van der Waals surface area contributed by atoms with Crippen molar-refractivity contribution in [3.8, 4) is 5.69 Å². The minimum absolute atomic E-state index is 0.338. The summed E-state index contributed by atoms with van der Waals surface area (Å²) in [7, 11) is 1.79. The molecule has 8 heteroatoms. The summed E-state index contributed by atoms with van der Waals surface area (Å²) < 4.78 is 17.6. The smallest absolute Gasteiger partial charge is 0.166 e. The van der Waals surface area contributed by atoms with Gasteiger partial charge in [0.05, 0.1) is 16.9 Å². The van der Waals surface area contributed by atoms with E-state index in [1.54, 1.807) is 33.9 Å². The van der Waals surface area contributed by atoms with Crippen LogP contribution in [0.25, 0.3) is 26.9 Å². The van der Waals surface area contributed by atoms with Crippen molar-refractivity contribution < 1.29 is 4.39 Å². The zero-order valence-corrected chi connectivity index (χ0v) is 14.6. The van der Waals surface area contributed by atoms with Crippen molar-refractivity contribution in [1.82, 2.24) is 29.9 Å². The van der Waals surface area contributed by atoms with Gasteiger partial charge in [-0.1, -0.05) is 11.3 Å². The highest BCUT2D eigenvalue weighted by Gasteiger charge is 2.20. The Morgan fingerprint density at radius 1 is 1.20 bits per heavy atom. The Labute approximate surface area is 147 Å². The second kappa shape index (κ2) is 5.60. The maximum atomic E-state index is 14.3.